The van der Waals surface area contributed by atoms with Crippen LogP contribution >= 0.6 is 11.6 Å². The van der Waals surface area contributed by atoms with E-state index >= 15 is 0 Å². The summed E-state index contributed by atoms with van der Waals surface area (Å²) < 4.78 is 80.4. The van der Waals surface area contributed by atoms with Gasteiger partial charge in [0.15, 0.2) is 0 Å². The number of carbonyl (C=O) groups excluding carboxylic acids is 1. The molecule has 1 amide bonds. The molecule has 0 spiro atoms. The second kappa shape index (κ2) is 12.0. The highest BCUT2D eigenvalue weighted by molar-refractivity contribution is 7.78. The Morgan fingerprint density at radius 1 is 1.10 bits per heavy atom. The molecule has 2 aromatic rings. The molecule has 2 bridgehead atoms. The summed E-state index contributed by atoms with van der Waals surface area (Å²) >= 11 is 4.11. The number of fused-ring (bicyclic) bond motifs is 2. The smallest absolute Gasteiger partial charge is 0.573 e. The lowest BCUT2D eigenvalue weighted by molar-refractivity contribution is -0.274. The highest BCUT2D eigenvalue weighted by Gasteiger charge is 2.42. The Hall–Kier alpha value is -2.41. The standard InChI is InChI=1S/C25H25ClF4N2O3.CH4O2S/c26-15-6-18(10-20(7-15)35-25(28,29)30)34-19-8-16-3-4-17(9-19)32(16)12-14-5-23(27)22(24(31)33)11-21(14)13-1-2-13;1-4(2)3/h5-7,10-11,13,16-17,19H,1-4,8-9,12H2,(H2,31,33);1H3,(H,2,3)/p-1/t16-,17+,19?;. The van der Waals surface area contributed by atoms with Crippen molar-refractivity contribution in [1.29, 1.82) is 0 Å². The first-order valence-electron chi connectivity index (χ1n) is 12.4. The summed E-state index contributed by atoms with van der Waals surface area (Å²) in [5, 5.41) is 0.0937. The summed E-state index contributed by atoms with van der Waals surface area (Å²) in [4.78, 5) is 14.0. The average Bonchev–Trinajstić information content (AvgIpc) is 3.59. The molecule has 4 atom stereocenters. The number of primary amides is 1. The van der Waals surface area contributed by atoms with Gasteiger partial charge in [-0.1, -0.05) is 22.7 Å². The van der Waals surface area contributed by atoms with Gasteiger partial charge in [-0.2, -0.15) is 0 Å². The lowest BCUT2D eigenvalue weighted by Gasteiger charge is -2.39. The fourth-order valence-corrected chi connectivity index (χ4v) is 5.71. The van der Waals surface area contributed by atoms with Crippen molar-refractivity contribution < 1.29 is 40.6 Å². The summed E-state index contributed by atoms with van der Waals surface area (Å²) in [7, 11) is 0. The number of alkyl halides is 3. The number of nitrogens with two attached hydrogens (primary N) is 1. The zero-order valence-electron chi connectivity index (χ0n) is 21.0. The van der Waals surface area contributed by atoms with E-state index in [1.165, 1.54) is 18.2 Å². The van der Waals surface area contributed by atoms with Crippen LogP contribution in [0.4, 0.5) is 17.6 Å². The largest absolute Gasteiger partial charge is 0.773 e. The van der Waals surface area contributed by atoms with E-state index in [1.807, 2.05) is 0 Å². The molecular formula is C26H28ClF4N2O5S-. The monoisotopic (exact) mass is 591 g/mol. The highest BCUT2D eigenvalue weighted by Crippen LogP contribution is 2.45. The predicted octanol–water partition coefficient (Wildman–Crippen LogP) is 5.42. The molecule has 3 fully saturated rings. The van der Waals surface area contributed by atoms with E-state index in [-0.39, 0.29) is 34.5 Å². The van der Waals surface area contributed by atoms with Gasteiger partial charge in [-0.05, 0) is 86.1 Å². The van der Waals surface area contributed by atoms with E-state index in [1.54, 1.807) is 6.07 Å². The van der Waals surface area contributed by atoms with Gasteiger partial charge in [0.2, 0.25) is 0 Å². The van der Waals surface area contributed by atoms with Gasteiger partial charge in [0.1, 0.15) is 23.4 Å². The minimum atomic E-state index is -4.82. The van der Waals surface area contributed by atoms with Crippen LogP contribution in [0.15, 0.2) is 30.3 Å². The maximum Gasteiger partial charge on any atom is 0.573 e. The Kier molecular flexibility index (Phi) is 9.09. The Balaban J connectivity index is 0.000000826. The van der Waals surface area contributed by atoms with Crippen LogP contribution in [0.25, 0.3) is 0 Å². The van der Waals surface area contributed by atoms with Crippen molar-refractivity contribution in [2.75, 3.05) is 6.26 Å². The fourth-order valence-electron chi connectivity index (χ4n) is 5.50. The number of carbonyl (C=O) groups is 1. The van der Waals surface area contributed by atoms with Gasteiger partial charge >= 0.3 is 6.36 Å². The first-order valence-corrected chi connectivity index (χ1v) is 14.3. The molecule has 1 aliphatic carbocycles. The molecule has 7 nitrogen and oxygen atoms in total. The van der Waals surface area contributed by atoms with E-state index in [4.69, 9.17) is 30.8 Å². The topological polar surface area (TPSA) is 105 Å². The molecule has 39 heavy (non-hydrogen) atoms. The van der Waals surface area contributed by atoms with Crippen LogP contribution in [0.2, 0.25) is 5.02 Å². The molecule has 2 saturated heterocycles. The minimum Gasteiger partial charge on any atom is -0.773 e. The molecule has 0 radical (unpaired) electrons. The van der Waals surface area contributed by atoms with Crippen molar-refractivity contribution in [3.05, 3.63) is 57.9 Å². The maximum absolute atomic E-state index is 14.6. The Bertz CT molecular complexity index is 1230. The Labute approximate surface area is 230 Å². The Morgan fingerprint density at radius 3 is 2.23 bits per heavy atom. The molecule has 2 heterocycles. The van der Waals surface area contributed by atoms with Crippen molar-refractivity contribution in [3.63, 3.8) is 0 Å². The molecule has 2 unspecified atom stereocenters. The van der Waals surface area contributed by atoms with Gasteiger partial charge in [-0.3, -0.25) is 13.9 Å². The summed E-state index contributed by atoms with van der Waals surface area (Å²) in [5.74, 6) is -1.22. The van der Waals surface area contributed by atoms with Gasteiger partial charge in [0, 0.05) is 29.7 Å². The van der Waals surface area contributed by atoms with Crippen LogP contribution < -0.4 is 15.2 Å². The number of benzene rings is 2. The number of nitrogens with zero attached hydrogens (tertiary/aromatic N) is 1. The molecule has 5 rings (SSSR count). The van der Waals surface area contributed by atoms with Gasteiger partial charge in [-0.15, -0.1) is 13.2 Å². The van der Waals surface area contributed by atoms with E-state index in [9.17, 15) is 22.4 Å². The number of ether oxygens (including phenoxy) is 2. The zero-order chi connectivity index (χ0) is 28.5. The van der Waals surface area contributed by atoms with Crippen molar-refractivity contribution in [2.45, 2.75) is 75.5 Å². The summed E-state index contributed by atoms with van der Waals surface area (Å²) in [6, 6.07) is 7.23. The molecule has 0 aromatic heterocycles. The van der Waals surface area contributed by atoms with E-state index in [0.29, 0.717) is 25.3 Å². The van der Waals surface area contributed by atoms with Gasteiger partial charge < -0.3 is 19.8 Å². The molecule has 1 saturated carbocycles. The van der Waals surface area contributed by atoms with Crippen molar-refractivity contribution in [1.82, 2.24) is 4.90 Å². The molecule has 3 aliphatic rings. The number of hydrogen-bond acceptors (Lipinski definition) is 6. The predicted molar refractivity (Wildman–Crippen MR) is 136 cm³/mol. The second-order valence-electron chi connectivity index (χ2n) is 10.0. The van der Waals surface area contributed by atoms with Gasteiger partial charge in [0.25, 0.3) is 5.91 Å². The average molecular weight is 592 g/mol. The van der Waals surface area contributed by atoms with E-state index in [0.717, 1.165) is 49.1 Å². The number of hydrogen-bond donors (Lipinski definition) is 1. The molecular weight excluding hydrogens is 564 g/mol. The van der Waals surface area contributed by atoms with E-state index < -0.39 is 34.9 Å². The summed E-state index contributed by atoms with van der Waals surface area (Å²) in [6.07, 6.45) is 1.42. The number of rotatable bonds is 7. The summed E-state index contributed by atoms with van der Waals surface area (Å²) in [6.45, 7) is 0.574. The molecule has 2 aliphatic heterocycles. The normalized spacial score (nSPS) is 23.5. The van der Waals surface area contributed by atoms with Gasteiger partial charge in [-0.25, -0.2) is 4.39 Å². The Morgan fingerprint density at radius 2 is 1.69 bits per heavy atom. The lowest BCUT2D eigenvalue weighted by atomic mass is 9.95. The SMILES string of the molecule is CS(=O)[O-].NC(=O)c1cc(C2CC2)c(CN2[C@@H]3CC[C@H]2CC(Oc2cc(Cl)cc(OC(F)(F)F)c2)C3)cc1F. The van der Waals surface area contributed by atoms with Crippen molar-refractivity contribution in [2.24, 2.45) is 5.73 Å². The third-order valence-corrected chi connectivity index (χ3v) is 7.30. The van der Waals surface area contributed by atoms with Crippen LogP contribution in [0.3, 0.4) is 0 Å². The highest BCUT2D eigenvalue weighted by atomic mass is 35.5. The lowest BCUT2D eigenvalue weighted by Crippen LogP contribution is -2.45. The van der Waals surface area contributed by atoms with Crippen LogP contribution in [0.5, 0.6) is 11.5 Å². The molecule has 214 valence electrons. The fraction of sp³-hybridized carbons (Fsp3) is 0.500. The quantitative estimate of drug-likeness (QED) is 0.340. The minimum absolute atomic E-state index is 0.0684. The third-order valence-electron chi connectivity index (χ3n) is 7.09. The molecule has 2 aromatic carbocycles. The third kappa shape index (κ3) is 8.06. The zero-order valence-corrected chi connectivity index (χ0v) is 22.6. The number of halogens is 5. The van der Waals surface area contributed by atoms with Crippen LogP contribution in [0.1, 0.15) is 65.9 Å². The van der Waals surface area contributed by atoms with Gasteiger partial charge in [0.05, 0.1) is 5.56 Å². The molecule has 13 heteroatoms. The molecule has 2 N–H and O–H groups in total. The first-order chi connectivity index (χ1) is 18.3. The van der Waals surface area contributed by atoms with Crippen LogP contribution in [0, 0.1) is 5.82 Å². The van der Waals surface area contributed by atoms with Crippen molar-refractivity contribution >= 4 is 28.6 Å². The number of piperidine rings is 1. The second-order valence-corrected chi connectivity index (χ2v) is 11.2. The van der Waals surface area contributed by atoms with Crippen LogP contribution in [-0.4, -0.2) is 50.4 Å². The first kappa shape index (κ1) is 29.6. The van der Waals surface area contributed by atoms with Crippen LogP contribution in [-0.2, 0) is 17.6 Å². The maximum atomic E-state index is 14.6. The number of amides is 1. The van der Waals surface area contributed by atoms with E-state index in [2.05, 4.69) is 9.64 Å². The summed E-state index contributed by atoms with van der Waals surface area (Å²) in [5.41, 5.74) is 7.16. The van der Waals surface area contributed by atoms with Crippen molar-refractivity contribution in [3.8, 4) is 11.5 Å².